The molecule has 0 aromatic rings. The Morgan fingerprint density at radius 2 is 1.25 bits per heavy atom. The van der Waals surface area contributed by atoms with E-state index in [0.717, 1.165) is 50.1 Å². The Morgan fingerprint density at radius 3 is 1.44 bits per heavy atom. The van der Waals surface area contributed by atoms with Gasteiger partial charge in [0, 0.05) is 19.1 Å². The monoisotopic (exact) mass is 228 g/mol. The molecular weight excluding hydrogens is 200 g/mol. The standard InChI is InChI=1S/C8H16O.C6H12O/c1-7(2)8-3-5-9-6-4-8;1-5(2)6-3-7-4-6/h7-8H,3-6H2,1-2H3;5-6H,3-4H2,1-2H3. The Hall–Kier alpha value is -0.0800. The van der Waals surface area contributed by atoms with Crippen molar-refractivity contribution in [1.82, 2.24) is 0 Å². The van der Waals surface area contributed by atoms with Gasteiger partial charge >= 0.3 is 0 Å². The summed E-state index contributed by atoms with van der Waals surface area (Å²) < 4.78 is 10.2. The summed E-state index contributed by atoms with van der Waals surface area (Å²) in [5.41, 5.74) is 0. The van der Waals surface area contributed by atoms with Crippen molar-refractivity contribution >= 4 is 0 Å². The van der Waals surface area contributed by atoms with Gasteiger partial charge in [-0.2, -0.15) is 0 Å². The summed E-state index contributed by atoms with van der Waals surface area (Å²) in [4.78, 5) is 0. The molecule has 0 aromatic heterocycles. The van der Waals surface area contributed by atoms with E-state index in [0.29, 0.717) is 0 Å². The van der Waals surface area contributed by atoms with Gasteiger partial charge in [0.2, 0.25) is 0 Å². The van der Waals surface area contributed by atoms with Gasteiger partial charge in [0.05, 0.1) is 13.2 Å². The smallest absolute Gasteiger partial charge is 0.0518 e. The highest BCUT2D eigenvalue weighted by atomic mass is 16.5. The number of hydrogen-bond donors (Lipinski definition) is 0. The van der Waals surface area contributed by atoms with E-state index in [1.165, 1.54) is 12.8 Å². The molecule has 2 rings (SSSR count). The second-order valence-electron chi connectivity index (χ2n) is 5.74. The van der Waals surface area contributed by atoms with E-state index in [1.54, 1.807) is 0 Å². The van der Waals surface area contributed by atoms with E-state index >= 15 is 0 Å². The first-order valence-corrected chi connectivity index (χ1v) is 6.76. The highest BCUT2D eigenvalue weighted by Gasteiger charge is 2.20. The average Bonchev–Trinajstić information content (AvgIpc) is 2.16. The summed E-state index contributed by atoms with van der Waals surface area (Å²) in [5.74, 6) is 3.47. The van der Waals surface area contributed by atoms with Crippen molar-refractivity contribution in [3.63, 3.8) is 0 Å². The van der Waals surface area contributed by atoms with Crippen molar-refractivity contribution in [3.05, 3.63) is 0 Å². The third-order valence-electron chi connectivity index (χ3n) is 3.82. The molecule has 0 unspecified atom stereocenters. The first-order chi connectivity index (χ1) is 7.61. The lowest BCUT2D eigenvalue weighted by atomic mass is 9.89. The first kappa shape index (κ1) is 14.0. The molecule has 0 aromatic carbocycles. The van der Waals surface area contributed by atoms with E-state index < -0.39 is 0 Å². The molecule has 2 aliphatic heterocycles. The fraction of sp³-hybridized carbons (Fsp3) is 1.00. The van der Waals surface area contributed by atoms with E-state index in [4.69, 9.17) is 9.47 Å². The van der Waals surface area contributed by atoms with Gasteiger partial charge in [-0.1, -0.05) is 27.7 Å². The van der Waals surface area contributed by atoms with E-state index in [2.05, 4.69) is 27.7 Å². The predicted octanol–water partition coefficient (Wildman–Crippen LogP) is 3.36. The minimum Gasteiger partial charge on any atom is -0.381 e. The molecule has 2 nitrogen and oxygen atoms in total. The summed E-state index contributed by atoms with van der Waals surface area (Å²) in [6.07, 6.45) is 2.55. The molecule has 0 bridgehead atoms. The summed E-state index contributed by atoms with van der Waals surface area (Å²) in [6.45, 7) is 13.1. The van der Waals surface area contributed by atoms with Gasteiger partial charge in [0.1, 0.15) is 0 Å². The van der Waals surface area contributed by atoms with Crippen LogP contribution in [0.3, 0.4) is 0 Å². The van der Waals surface area contributed by atoms with Gasteiger partial charge in [-0.05, 0) is 30.6 Å². The second-order valence-corrected chi connectivity index (χ2v) is 5.74. The Morgan fingerprint density at radius 1 is 0.750 bits per heavy atom. The minimum absolute atomic E-state index is 0.828. The van der Waals surface area contributed by atoms with Crippen LogP contribution in [0.15, 0.2) is 0 Å². The van der Waals surface area contributed by atoms with Crippen molar-refractivity contribution in [2.24, 2.45) is 23.7 Å². The van der Waals surface area contributed by atoms with Gasteiger partial charge in [0.25, 0.3) is 0 Å². The van der Waals surface area contributed by atoms with Crippen LogP contribution < -0.4 is 0 Å². The molecule has 0 N–H and O–H groups in total. The molecule has 16 heavy (non-hydrogen) atoms. The van der Waals surface area contributed by atoms with E-state index in [1.807, 2.05) is 0 Å². The average molecular weight is 228 g/mol. The fourth-order valence-electron chi connectivity index (χ4n) is 2.02. The molecule has 0 spiro atoms. The molecule has 0 atom stereocenters. The molecular formula is C14H28O2. The molecule has 0 radical (unpaired) electrons. The maximum atomic E-state index is 5.25. The summed E-state index contributed by atoms with van der Waals surface area (Å²) >= 11 is 0. The second kappa shape index (κ2) is 7.29. The zero-order valence-electron chi connectivity index (χ0n) is 11.4. The largest absolute Gasteiger partial charge is 0.381 e. The highest BCUT2D eigenvalue weighted by Crippen LogP contribution is 2.22. The quantitative estimate of drug-likeness (QED) is 0.721. The van der Waals surface area contributed by atoms with Crippen LogP contribution >= 0.6 is 0 Å². The summed E-state index contributed by atoms with van der Waals surface area (Å²) in [6, 6.07) is 0. The van der Waals surface area contributed by atoms with Gasteiger partial charge in [-0.3, -0.25) is 0 Å². The lowest BCUT2D eigenvalue weighted by Gasteiger charge is -2.29. The Labute approximate surface area is 101 Å². The third-order valence-corrected chi connectivity index (χ3v) is 3.82. The first-order valence-electron chi connectivity index (χ1n) is 6.76. The molecule has 96 valence electrons. The van der Waals surface area contributed by atoms with Crippen molar-refractivity contribution in [3.8, 4) is 0 Å². The molecule has 0 amide bonds. The Bertz CT molecular complexity index is 168. The number of hydrogen-bond acceptors (Lipinski definition) is 2. The van der Waals surface area contributed by atoms with Gasteiger partial charge in [-0.15, -0.1) is 0 Å². The van der Waals surface area contributed by atoms with Crippen LogP contribution in [-0.4, -0.2) is 26.4 Å². The molecule has 0 saturated carbocycles. The van der Waals surface area contributed by atoms with Crippen molar-refractivity contribution < 1.29 is 9.47 Å². The molecule has 2 saturated heterocycles. The van der Waals surface area contributed by atoms with Crippen LogP contribution in [0.4, 0.5) is 0 Å². The fourth-order valence-corrected chi connectivity index (χ4v) is 2.02. The van der Waals surface area contributed by atoms with Crippen LogP contribution in [0.25, 0.3) is 0 Å². The Balaban J connectivity index is 0.000000165. The van der Waals surface area contributed by atoms with Crippen LogP contribution in [0.5, 0.6) is 0 Å². The molecule has 0 aliphatic carbocycles. The van der Waals surface area contributed by atoms with Crippen molar-refractivity contribution in [2.75, 3.05) is 26.4 Å². The van der Waals surface area contributed by atoms with Crippen LogP contribution in [0.2, 0.25) is 0 Å². The topological polar surface area (TPSA) is 18.5 Å². The minimum atomic E-state index is 0.828. The van der Waals surface area contributed by atoms with Gasteiger partial charge < -0.3 is 9.47 Å². The summed E-state index contributed by atoms with van der Waals surface area (Å²) in [7, 11) is 0. The van der Waals surface area contributed by atoms with Crippen LogP contribution in [-0.2, 0) is 9.47 Å². The van der Waals surface area contributed by atoms with Gasteiger partial charge in [0.15, 0.2) is 0 Å². The van der Waals surface area contributed by atoms with E-state index in [-0.39, 0.29) is 0 Å². The lowest BCUT2D eigenvalue weighted by Crippen LogP contribution is -2.31. The summed E-state index contributed by atoms with van der Waals surface area (Å²) in [5, 5.41) is 0. The predicted molar refractivity (Wildman–Crippen MR) is 67.5 cm³/mol. The number of ether oxygens (including phenoxy) is 2. The highest BCUT2D eigenvalue weighted by molar-refractivity contribution is 4.67. The zero-order valence-corrected chi connectivity index (χ0v) is 11.4. The molecule has 2 heterocycles. The van der Waals surface area contributed by atoms with Crippen LogP contribution in [0.1, 0.15) is 40.5 Å². The maximum Gasteiger partial charge on any atom is 0.0518 e. The van der Waals surface area contributed by atoms with Crippen molar-refractivity contribution in [2.45, 2.75) is 40.5 Å². The molecule has 2 heteroatoms. The van der Waals surface area contributed by atoms with E-state index in [9.17, 15) is 0 Å². The van der Waals surface area contributed by atoms with Crippen molar-refractivity contribution in [1.29, 1.82) is 0 Å². The SMILES string of the molecule is CC(C)C1CCOCC1.CC(C)C1COC1. The normalized spacial score (nSPS) is 22.9. The number of rotatable bonds is 2. The molecule has 2 fully saturated rings. The van der Waals surface area contributed by atoms with Gasteiger partial charge in [-0.25, -0.2) is 0 Å². The third kappa shape index (κ3) is 4.84. The molecule has 2 aliphatic rings. The Kier molecular flexibility index (Phi) is 6.37. The zero-order chi connectivity index (χ0) is 12.0. The lowest BCUT2D eigenvalue weighted by molar-refractivity contribution is -0.0534. The van der Waals surface area contributed by atoms with Crippen LogP contribution in [0, 0.1) is 23.7 Å². The maximum absolute atomic E-state index is 5.25.